The van der Waals surface area contributed by atoms with Gasteiger partial charge < -0.3 is 29.8 Å². The van der Waals surface area contributed by atoms with Gasteiger partial charge in [-0.05, 0) is 113 Å². The summed E-state index contributed by atoms with van der Waals surface area (Å²) in [7, 11) is 7.61. The molecule has 2 aromatic carbocycles. The quantitative estimate of drug-likeness (QED) is 0.0811. The Labute approximate surface area is 549 Å². The molecule has 0 spiro atoms. The number of halogens is 2. The number of aryl methyl sites for hydroxylation is 2. The number of aromatic nitrogens is 10. The molecule has 0 unspecified atom stereocenters. The number of imidazole rings is 2. The van der Waals surface area contributed by atoms with Crippen LogP contribution in [-0.2, 0) is 22.4 Å². The highest BCUT2D eigenvalue weighted by molar-refractivity contribution is 7.17. The zero-order chi connectivity index (χ0) is 65.6. The number of ketones is 2. The molecule has 0 aliphatic carbocycles. The van der Waals surface area contributed by atoms with Crippen molar-refractivity contribution in [2.75, 3.05) is 87.1 Å². The average Bonchev–Trinajstić information content (AvgIpc) is 1.64. The first kappa shape index (κ1) is 63.2. The van der Waals surface area contributed by atoms with E-state index in [2.05, 4.69) is 41.9 Å². The molecule has 0 saturated carbocycles. The molecule has 10 aromatic rings. The fourth-order valence-electron chi connectivity index (χ4n) is 13.1. The zero-order valence-corrected chi connectivity index (χ0v) is 54.3. The van der Waals surface area contributed by atoms with E-state index in [0.717, 1.165) is 82.8 Å². The number of carbonyl (C=O) groups is 2. The van der Waals surface area contributed by atoms with Crippen molar-refractivity contribution in [1.82, 2.24) is 58.5 Å². The highest BCUT2D eigenvalue weighted by Crippen LogP contribution is 2.40. The van der Waals surface area contributed by atoms with Crippen LogP contribution in [0.25, 0.3) is 56.1 Å². The maximum absolute atomic E-state index is 13.6. The lowest BCUT2D eigenvalue weighted by Crippen LogP contribution is -2.49. The van der Waals surface area contributed by atoms with Gasteiger partial charge in [-0.15, -0.1) is 0 Å². The second kappa shape index (κ2) is 26.5. The van der Waals surface area contributed by atoms with E-state index in [9.17, 15) is 39.1 Å². The summed E-state index contributed by atoms with van der Waals surface area (Å²) in [6.07, 6.45) is 13.8. The zero-order valence-electron chi connectivity index (χ0n) is 52.7. The number of nitriles is 2. The van der Waals surface area contributed by atoms with Gasteiger partial charge in [0, 0.05) is 149 Å². The number of rotatable bonds is 18. The normalized spacial score (nSPS) is 18.4. The summed E-state index contributed by atoms with van der Waals surface area (Å²) in [4.78, 5) is 76.3. The number of aliphatic hydroxyl groups excluding tert-OH is 2. The maximum atomic E-state index is 13.6. The first-order valence-corrected chi connectivity index (χ1v) is 32.9. The van der Waals surface area contributed by atoms with E-state index in [1.165, 1.54) is 46.9 Å². The summed E-state index contributed by atoms with van der Waals surface area (Å²) in [5, 5.41) is 40.7. The summed E-state index contributed by atoms with van der Waals surface area (Å²) in [6.45, 7) is 8.12. The molecule has 0 bridgehead atoms. The number of benzene rings is 2. The molecule has 2 N–H and O–H groups in total. The molecule has 4 fully saturated rings. The topological polar surface area (TPSA) is 254 Å². The predicted octanol–water partition coefficient (Wildman–Crippen LogP) is 9.43. The fraction of sp³-hybridized carbons (Fsp3) is 0.353. The molecular formula is C68H68F2N18O4S2. The molecule has 480 valence electrons. The smallest absolute Gasteiger partial charge is 0.225 e. The van der Waals surface area contributed by atoms with Gasteiger partial charge in [0.15, 0.2) is 10.3 Å². The van der Waals surface area contributed by atoms with Gasteiger partial charge in [0.25, 0.3) is 0 Å². The van der Waals surface area contributed by atoms with Crippen molar-refractivity contribution in [3.05, 3.63) is 143 Å². The Hall–Kier alpha value is -9.54. The minimum atomic E-state index is -0.424. The number of nitrogens with zero attached hydrogens (tertiary/aromatic N) is 18. The Balaban J connectivity index is 0.000000171. The Morgan fingerprint density at radius 1 is 0.543 bits per heavy atom. The maximum Gasteiger partial charge on any atom is 0.225 e. The van der Waals surface area contributed by atoms with Crippen LogP contribution in [0.1, 0.15) is 60.7 Å². The molecular weight excluding hydrogens is 1230 g/mol. The van der Waals surface area contributed by atoms with Gasteiger partial charge in [-0.3, -0.25) is 28.2 Å². The first-order valence-electron chi connectivity index (χ1n) is 31.2. The van der Waals surface area contributed by atoms with E-state index in [0.29, 0.717) is 106 Å². The minimum absolute atomic E-state index is 0.188. The van der Waals surface area contributed by atoms with Crippen molar-refractivity contribution >= 4 is 79.3 Å². The van der Waals surface area contributed by atoms with Gasteiger partial charge >= 0.3 is 0 Å². The Morgan fingerprint density at radius 3 is 1.23 bits per heavy atom. The van der Waals surface area contributed by atoms with Crippen molar-refractivity contribution in [3.8, 4) is 56.9 Å². The summed E-state index contributed by atoms with van der Waals surface area (Å²) < 4.78 is 31.1. The summed E-state index contributed by atoms with van der Waals surface area (Å²) in [5.74, 6) is 3.18. The van der Waals surface area contributed by atoms with E-state index >= 15 is 0 Å². The molecule has 22 nitrogen and oxygen atoms in total. The molecule has 4 aliphatic rings. The number of carbonyl (C=O) groups excluding carboxylic acids is 2. The lowest BCUT2D eigenvalue weighted by molar-refractivity contribution is -0.124. The Bertz CT molecular complexity index is 4250. The number of aliphatic hydroxyl groups is 2. The second-order valence-corrected chi connectivity index (χ2v) is 26.5. The van der Waals surface area contributed by atoms with Crippen LogP contribution in [0.5, 0.6) is 0 Å². The molecule has 8 aromatic heterocycles. The van der Waals surface area contributed by atoms with Gasteiger partial charge in [-0.2, -0.15) is 10.5 Å². The molecule has 4 saturated heterocycles. The van der Waals surface area contributed by atoms with Crippen molar-refractivity contribution in [3.63, 3.8) is 0 Å². The molecule has 0 radical (unpaired) electrons. The van der Waals surface area contributed by atoms with Gasteiger partial charge in [0.2, 0.25) is 11.9 Å². The number of Topliss-reactive ketones (excluding diaryl/α,β-unsaturated/α-hetero) is 2. The van der Waals surface area contributed by atoms with E-state index < -0.39 is 12.2 Å². The van der Waals surface area contributed by atoms with Crippen LogP contribution >= 0.6 is 22.7 Å². The van der Waals surface area contributed by atoms with Crippen LogP contribution in [-0.4, -0.2) is 172 Å². The van der Waals surface area contributed by atoms with E-state index in [4.69, 9.17) is 19.9 Å². The number of hydrogen-bond donors (Lipinski definition) is 2. The van der Waals surface area contributed by atoms with Crippen LogP contribution in [0, 0.1) is 46.1 Å². The molecule has 26 heteroatoms. The summed E-state index contributed by atoms with van der Waals surface area (Å²) >= 11 is 2.56. The summed E-state index contributed by atoms with van der Waals surface area (Å²) in [6, 6.07) is 24.0. The number of pyridine rings is 2. The van der Waals surface area contributed by atoms with Crippen LogP contribution in [0.4, 0.5) is 42.6 Å². The van der Waals surface area contributed by atoms with Crippen molar-refractivity contribution in [1.29, 1.82) is 10.5 Å². The first-order chi connectivity index (χ1) is 45.4. The van der Waals surface area contributed by atoms with E-state index in [-0.39, 0.29) is 47.1 Å². The van der Waals surface area contributed by atoms with Crippen LogP contribution in [0.15, 0.2) is 110 Å². The third kappa shape index (κ3) is 12.6. The van der Waals surface area contributed by atoms with Gasteiger partial charge in [0.05, 0.1) is 35.7 Å². The van der Waals surface area contributed by atoms with Gasteiger partial charge in [-0.1, -0.05) is 36.5 Å². The van der Waals surface area contributed by atoms with Crippen molar-refractivity contribution in [2.45, 2.75) is 76.7 Å². The highest BCUT2D eigenvalue weighted by atomic mass is 32.1. The van der Waals surface area contributed by atoms with Gasteiger partial charge in [-0.25, -0.2) is 48.7 Å². The fourth-order valence-corrected chi connectivity index (χ4v) is 14.8. The monoisotopic (exact) mass is 1300 g/mol. The Morgan fingerprint density at radius 2 is 0.904 bits per heavy atom. The molecule has 12 heterocycles. The third-order valence-electron chi connectivity index (χ3n) is 18.1. The SMILES string of the molecule is CCc1nc2ccc(-c3cnc(N4CC(CC(=O)[C@@H]5C[C@@H](O)CN5C)C4)nc3)cn2c1N(C)c1nc(-c2ccc(F)cc2)c(C#N)s1.CCc1nc2ccc(-c3cnc(N4CC(CC(=O)[C@@H]5C[C@@H](O)CN5C)C4)nc3)cn2c1N(C)c1nc(-c2ccc(F)cc2)c(C#N)s1. The molecule has 14 rings (SSSR count). The van der Waals surface area contributed by atoms with Crippen LogP contribution < -0.4 is 19.6 Å². The summed E-state index contributed by atoms with van der Waals surface area (Å²) in [5.41, 5.74) is 9.25. The molecule has 94 heavy (non-hydrogen) atoms. The minimum Gasteiger partial charge on any atom is -0.392 e. The largest absolute Gasteiger partial charge is 0.392 e. The Kier molecular flexibility index (Phi) is 17.8. The molecule has 4 atom stereocenters. The van der Waals surface area contributed by atoms with Crippen molar-refractivity contribution in [2.24, 2.45) is 11.8 Å². The lowest BCUT2D eigenvalue weighted by atomic mass is 9.91. The number of thiazole rings is 2. The molecule has 4 aliphatic heterocycles. The molecule has 0 amide bonds. The lowest BCUT2D eigenvalue weighted by Gasteiger charge is -2.39. The number of hydrogen-bond acceptors (Lipinski definition) is 22. The number of likely N-dealkylation sites (tertiary alicyclic amines) is 2. The van der Waals surface area contributed by atoms with E-state index in [1.807, 2.05) is 132 Å². The highest BCUT2D eigenvalue weighted by Gasteiger charge is 2.39. The van der Waals surface area contributed by atoms with Gasteiger partial charge in [0.1, 0.15) is 79.4 Å². The third-order valence-corrected chi connectivity index (χ3v) is 20.1. The number of likely N-dealkylation sites (N-methyl/N-ethyl adjacent to an activating group) is 2. The standard InChI is InChI=1S/2C34H34FN9O2S/c2*1-4-26-32(42(3)34-40-31(29(13-36)47-34)21-5-8-24(35)9-6-21)44-18-22(7-10-30(44)39-26)23-14-37-33(38-15-23)43-16-20(17-43)11-28(46)27-12-25(45)19-41(27)2/h2*5-10,14-15,18,20,25,27,45H,4,11-12,16-17,19H2,1-3H3/t2*25-,27+/m11/s1. The number of β-amino-alcohol motifs (C(OH)–C–C–N with tert-alkyl or cyclic N) is 2. The number of fused-ring (bicyclic) bond motifs is 2. The van der Waals surface area contributed by atoms with E-state index in [1.54, 1.807) is 24.3 Å². The predicted molar refractivity (Wildman–Crippen MR) is 357 cm³/mol. The van der Waals surface area contributed by atoms with Crippen molar-refractivity contribution < 1.29 is 28.6 Å². The van der Waals surface area contributed by atoms with Crippen LogP contribution in [0.2, 0.25) is 0 Å². The van der Waals surface area contributed by atoms with Crippen LogP contribution in [0.3, 0.4) is 0 Å². The second-order valence-electron chi connectivity index (χ2n) is 24.6. The average molecular weight is 1300 g/mol. The number of anilines is 6.